The fourth-order valence-corrected chi connectivity index (χ4v) is 2.25. The number of carbonyl (C=O) groups is 1. The lowest BCUT2D eigenvalue weighted by Gasteiger charge is -2.10. The summed E-state index contributed by atoms with van der Waals surface area (Å²) in [5.74, 6) is -0.281. The molecule has 7 heteroatoms. The molecule has 1 heterocycles. The van der Waals surface area contributed by atoms with Crippen LogP contribution in [-0.2, 0) is 6.54 Å². The van der Waals surface area contributed by atoms with Crippen LogP contribution < -0.4 is 11.1 Å². The molecule has 0 spiro atoms. The molecule has 0 bridgehead atoms. The zero-order valence-electron chi connectivity index (χ0n) is 10.7. The topological polar surface area (TPSA) is 80.9 Å². The Balaban J connectivity index is 2.23. The third-order valence-electron chi connectivity index (χ3n) is 2.79. The highest BCUT2D eigenvalue weighted by molar-refractivity contribution is 9.10. The highest BCUT2D eigenvalue weighted by Gasteiger charge is 2.12. The van der Waals surface area contributed by atoms with Gasteiger partial charge in [-0.05, 0) is 36.2 Å². The zero-order chi connectivity index (χ0) is 14.7. The number of carbonyl (C=O) groups excluding carboxylic acids is 1. The van der Waals surface area contributed by atoms with Crippen LogP contribution in [0.25, 0.3) is 0 Å². The molecule has 5 nitrogen and oxygen atoms in total. The second kappa shape index (κ2) is 6.19. The van der Waals surface area contributed by atoms with Crippen molar-refractivity contribution in [3.05, 3.63) is 50.6 Å². The van der Waals surface area contributed by atoms with Crippen molar-refractivity contribution >= 4 is 39.3 Å². The number of hydrogen-bond donors (Lipinski definition) is 2. The smallest absolute Gasteiger partial charge is 0.252 e. The Morgan fingerprint density at radius 1 is 1.40 bits per heavy atom. The summed E-state index contributed by atoms with van der Waals surface area (Å²) < 4.78 is 0.984. The molecular formula is C13H12BrClN4O. The van der Waals surface area contributed by atoms with Crippen molar-refractivity contribution in [2.24, 2.45) is 5.73 Å². The van der Waals surface area contributed by atoms with Crippen LogP contribution in [0.15, 0.2) is 28.7 Å². The van der Waals surface area contributed by atoms with Crippen molar-refractivity contribution in [1.82, 2.24) is 10.2 Å². The Kier molecular flexibility index (Phi) is 4.57. The molecule has 104 valence electrons. The average Bonchev–Trinajstić information content (AvgIpc) is 2.40. The maximum atomic E-state index is 11.4. The molecule has 1 aromatic carbocycles. The number of nitrogens with two attached hydrogens (primary N) is 1. The van der Waals surface area contributed by atoms with Crippen LogP contribution >= 0.6 is 27.5 Å². The molecule has 20 heavy (non-hydrogen) atoms. The summed E-state index contributed by atoms with van der Waals surface area (Å²) in [6.07, 6.45) is 0. The normalized spacial score (nSPS) is 10.3. The maximum Gasteiger partial charge on any atom is 0.252 e. The third-order valence-corrected chi connectivity index (χ3v) is 3.46. The van der Waals surface area contributed by atoms with Crippen LogP contribution in [0.1, 0.15) is 21.5 Å². The van der Waals surface area contributed by atoms with Gasteiger partial charge in [-0.1, -0.05) is 33.6 Å². The summed E-state index contributed by atoms with van der Waals surface area (Å²) in [4.78, 5) is 11.4. The monoisotopic (exact) mass is 354 g/mol. The number of amides is 1. The van der Waals surface area contributed by atoms with E-state index in [2.05, 4.69) is 31.4 Å². The minimum atomic E-state index is -0.602. The standard InChI is InChI=1S/C13H12BrClN4O/c1-7-2-3-9(14)4-8(7)6-17-13-10(12(16)20)5-11(15)18-19-13/h2-5H,6H2,1H3,(H2,16,20)(H,17,19). The number of nitrogens with zero attached hydrogens (tertiary/aromatic N) is 2. The Morgan fingerprint density at radius 3 is 2.85 bits per heavy atom. The molecule has 0 radical (unpaired) electrons. The Labute approximate surface area is 129 Å². The molecule has 1 aromatic heterocycles. The Bertz CT molecular complexity index is 663. The fraction of sp³-hybridized carbons (Fsp3) is 0.154. The van der Waals surface area contributed by atoms with E-state index in [1.165, 1.54) is 6.07 Å². The van der Waals surface area contributed by atoms with Gasteiger partial charge in [0.1, 0.15) is 0 Å². The summed E-state index contributed by atoms with van der Waals surface area (Å²) in [5.41, 5.74) is 7.72. The molecule has 2 rings (SSSR count). The lowest BCUT2D eigenvalue weighted by molar-refractivity contribution is 0.100. The van der Waals surface area contributed by atoms with Gasteiger partial charge in [0.05, 0.1) is 5.56 Å². The third kappa shape index (κ3) is 3.46. The minimum absolute atomic E-state index is 0.128. The minimum Gasteiger partial charge on any atom is -0.365 e. The first-order chi connectivity index (χ1) is 9.47. The van der Waals surface area contributed by atoms with Crippen molar-refractivity contribution in [2.75, 3.05) is 5.32 Å². The molecule has 1 amide bonds. The summed E-state index contributed by atoms with van der Waals surface area (Å²) in [6, 6.07) is 7.36. The number of primary amides is 1. The molecule has 0 aliphatic heterocycles. The van der Waals surface area contributed by atoms with Crippen LogP contribution in [0, 0.1) is 6.92 Å². The summed E-state index contributed by atoms with van der Waals surface area (Å²) in [5, 5.41) is 10.8. The number of anilines is 1. The van der Waals surface area contributed by atoms with Gasteiger partial charge >= 0.3 is 0 Å². The molecule has 0 aliphatic rings. The van der Waals surface area contributed by atoms with E-state index in [1.54, 1.807) is 0 Å². The van der Waals surface area contributed by atoms with Crippen LogP contribution in [0.5, 0.6) is 0 Å². The molecule has 0 unspecified atom stereocenters. The van der Waals surface area contributed by atoms with Gasteiger partial charge in [-0.2, -0.15) is 0 Å². The molecule has 0 saturated carbocycles. The van der Waals surface area contributed by atoms with Gasteiger partial charge < -0.3 is 11.1 Å². The largest absolute Gasteiger partial charge is 0.365 e. The maximum absolute atomic E-state index is 11.4. The number of aryl methyl sites for hydroxylation is 1. The van der Waals surface area contributed by atoms with E-state index in [9.17, 15) is 4.79 Å². The molecule has 3 N–H and O–H groups in total. The predicted molar refractivity (Wildman–Crippen MR) is 81.8 cm³/mol. The van der Waals surface area contributed by atoms with E-state index in [4.69, 9.17) is 17.3 Å². The van der Waals surface area contributed by atoms with Crippen molar-refractivity contribution in [3.8, 4) is 0 Å². The highest BCUT2D eigenvalue weighted by atomic mass is 79.9. The second-order valence-electron chi connectivity index (χ2n) is 4.22. The van der Waals surface area contributed by atoms with E-state index in [0.29, 0.717) is 12.4 Å². The lowest BCUT2D eigenvalue weighted by atomic mass is 10.1. The number of aromatic nitrogens is 2. The van der Waals surface area contributed by atoms with Gasteiger partial charge in [-0.25, -0.2) is 0 Å². The number of nitrogens with one attached hydrogen (secondary N) is 1. The van der Waals surface area contributed by atoms with Crippen LogP contribution in [0.2, 0.25) is 5.15 Å². The molecule has 2 aromatic rings. The van der Waals surface area contributed by atoms with Gasteiger partial charge in [0.15, 0.2) is 11.0 Å². The summed E-state index contributed by atoms with van der Waals surface area (Å²) in [6.45, 7) is 2.51. The Morgan fingerprint density at radius 2 is 2.15 bits per heavy atom. The number of hydrogen-bond acceptors (Lipinski definition) is 4. The van der Waals surface area contributed by atoms with Gasteiger partial charge in [-0.3, -0.25) is 4.79 Å². The first-order valence-corrected chi connectivity index (χ1v) is 6.96. The second-order valence-corrected chi connectivity index (χ2v) is 5.52. The van der Waals surface area contributed by atoms with Crippen molar-refractivity contribution in [2.45, 2.75) is 13.5 Å². The Hall–Kier alpha value is -1.66. The first kappa shape index (κ1) is 14.7. The fourth-order valence-electron chi connectivity index (χ4n) is 1.70. The van der Waals surface area contributed by atoms with Gasteiger partial charge in [0.25, 0.3) is 5.91 Å². The van der Waals surface area contributed by atoms with E-state index >= 15 is 0 Å². The van der Waals surface area contributed by atoms with E-state index in [-0.39, 0.29) is 10.7 Å². The number of benzene rings is 1. The van der Waals surface area contributed by atoms with Crippen molar-refractivity contribution in [3.63, 3.8) is 0 Å². The highest BCUT2D eigenvalue weighted by Crippen LogP contribution is 2.19. The van der Waals surface area contributed by atoms with Gasteiger partial charge in [0, 0.05) is 11.0 Å². The van der Waals surface area contributed by atoms with Gasteiger partial charge in [0.2, 0.25) is 0 Å². The van der Waals surface area contributed by atoms with Crippen LogP contribution in [0.4, 0.5) is 5.82 Å². The number of halogens is 2. The quantitative estimate of drug-likeness (QED) is 0.883. The molecule has 0 aliphatic carbocycles. The van der Waals surface area contributed by atoms with Crippen LogP contribution in [0.3, 0.4) is 0 Å². The summed E-state index contributed by atoms with van der Waals surface area (Å²) in [7, 11) is 0. The molecule has 0 fully saturated rings. The molecule has 0 saturated heterocycles. The number of rotatable bonds is 4. The first-order valence-electron chi connectivity index (χ1n) is 5.79. The lowest BCUT2D eigenvalue weighted by Crippen LogP contribution is -2.16. The van der Waals surface area contributed by atoms with Gasteiger partial charge in [-0.15, -0.1) is 10.2 Å². The molecule has 0 atom stereocenters. The predicted octanol–water partition coefficient (Wildman–Crippen LogP) is 2.91. The van der Waals surface area contributed by atoms with E-state index in [1.807, 2.05) is 25.1 Å². The van der Waals surface area contributed by atoms with Crippen molar-refractivity contribution < 1.29 is 4.79 Å². The van der Waals surface area contributed by atoms with Crippen LogP contribution in [-0.4, -0.2) is 16.1 Å². The van der Waals surface area contributed by atoms with E-state index < -0.39 is 5.91 Å². The zero-order valence-corrected chi connectivity index (χ0v) is 13.0. The summed E-state index contributed by atoms with van der Waals surface area (Å²) >= 11 is 9.13. The SMILES string of the molecule is Cc1ccc(Br)cc1CNc1nnc(Cl)cc1C(N)=O. The van der Waals surface area contributed by atoms with Crippen molar-refractivity contribution in [1.29, 1.82) is 0 Å². The van der Waals surface area contributed by atoms with E-state index in [0.717, 1.165) is 15.6 Å². The average molecular weight is 356 g/mol. The molecular weight excluding hydrogens is 344 g/mol.